The van der Waals surface area contributed by atoms with Crippen molar-refractivity contribution in [1.82, 2.24) is 20.5 Å². The molecular weight excluding hydrogens is 477 g/mol. The van der Waals surface area contributed by atoms with Crippen LogP contribution in [-0.2, 0) is 6.54 Å². The summed E-state index contributed by atoms with van der Waals surface area (Å²) < 4.78 is 5.20. The molecule has 1 saturated heterocycles. The van der Waals surface area contributed by atoms with Gasteiger partial charge in [0.25, 0.3) is 0 Å². The molecule has 0 spiro atoms. The van der Waals surface area contributed by atoms with E-state index in [9.17, 15) is 0 Å². The quantitative estimate of drug-likeness (QED) is 0.324. The predicted octanol–water partition coefficient (Wildman–Crippen LogP) is 3.60. The Bertz CT molecular complexity index is 750. The van der Waals surface area contributed by atoms with Crippen molar-refractivity contribution in [2.24, 2.45) is 4.99 Å². The molecule has 1 atom stereocenters. The van der Waals surface area contributed by atoms with Crippen LogP contribution < -0.4 is 15.4 Å². The van der Waals surface area contributed by atoms with Crippen molar-refractivity contribution in [3.63, 3.8) is 0 Å². The number of hydrogen-bond acceptors (Lipinski definition) is 4. The Morgan fingerprint density at radius 1 is 1.17 bits per heavy atom. The van der Waals surface area contributed by atoms with Crippen LogP contribution in [0.4, 0.5) is 0 Å². The van der Waals surface area contributed by atoms with E-state index >= 15 is 0 Å². The summed E-state index contributed by atoms with van der Waals surface area (Å²) in [5.41, 5.74) is 2.43. The molecule has 158 valence electrons. The van der Waals surface area contributed by atoms with E-state index < -0.39 is 0 Å². The number of benzene rings is 1. The number of nitrogens with zero attached hydrogens (tertiary/aromatic N) is 3. The summed E-state index contributed by atoms with van der Waals surface area (Å²) in [7, 11) is 1.63. The minimum Gasteiger partial charge on any atom is -0.481 e. The minimum atomic E-state index is 0. The Morgan fingerprint density at radius 3 is 2.62 bits per heavy atom. The van der Waals surface area contributed by atoms with Crippen molar-refractivity contribution in [2.75, 3.05) is 33.3 Å². The van der Waals surface area contributed by atoms with Gasteiger partial charge in [0.1, 0.15) is 0 Å². The third kappa shape index (κ3) is 7.15. The minimum absolute atomic E-state index is 0. The molecule has 0 saturated carbocycles. The van der Waals surface area contributed by atoms with Crippen molar-refractivity contribution in [3.8, 4) is 5.88 Å². The first-order chi connectivity index (χ1) is 13.8. The average Bonchev–Trinajstić information content (AvgIpc) is 3.27. The smallest absolute Gasteiger partial charge is 0.213 e. The monoisotopic (exact) mass is 509 g/mol. The highest BCUT2D eigenvalue weighted by Gasteiger charge is 2.23. The molecule has 1 fully saturated rings. The van der Waals surface area contributed by atoms with E-state index in [4.69, 9.17) is 9.73 Å². The Hall–Kier alpha value is -1.87. The zero-order valence-corrected chi connectivity index (χ0v) is 19.6. The molecule has 2 N–H and O–H groups in total. The second kappa shape index (κ2) is 12.6. The zero-order chi connectivity index (χ0) is 19.6. The van der Waals surface area contributed by atoms with Crippen LogP contribution in [0.2, 0.25) is 0 Å². The number of pyridine rings is 1. The third-order valence-electron chi connectivity index (χ3n) is 5.00. The molecular formula is C22H32IN5O. The highest BCUT2D eigenvalue weighted by atomic mass is 127. The Kier molecular flexibility index (Phi) is 10.2. The molecule has 0 radical (unpaired) electrons. The number of aromatic nitrogens is 1. The van der Waals surface area contributed by atoms with Crippen LogP contribution >= 0.6 is 24.0 Å². The summed E-state index contributed by atoms with van der Waals surface area (Å²) >= 11 is 0. The first-order valence-corrected chi connectivity index (χ1v) is 10.1. The number of rotatable bonds is 8. The van der Waals surface area contributed by atoms with Gasteiger partial charge in [0.15, 0.2) is 5.96 Å². The van der Waals surface area contributed by atoms with Crippen LogP contribution in [0.15, 0.2) is 53.7 Å². The van der Waals surface area contributed by atoms with Gasteiger partial charge in [0.05, 0.1) is 19.7 Å². The molecule has 7 heteroatoms. The largest absolute Gasteiger partial charge is 0.481 e. The van der Waals surface area contributed by atoms with Gasteiger partial charge in [-0.3, -0.25) is 4.90 Å². The van der Waals surface area contributed by atoms with Crippen molar-refractivity contribution in [3.05, 3.63) is 59.8 Å². The number of likely N-dealkylation sites (tertiary alicyclic amines) is 1. The molecule has 29 heavy (non-hydrogen) atoms. The lowest BCUT2D eigenvalue weighted by atomic mass is 10.1. The van der Waals surface area contributed by atoms with Gasteiger partial charge in [-0.2, -0.15) is 0 Å². The first-order valence-electron chi connectivity index (χ1n) is 10.1. The number of aliphatic imine (C=N–C) groups is 1. The van der Waals surface area contributed by atoms with Crippen molar-refractivity contribution in [2.45, 2.75) is 32.4 Å². The van der Waals surface area contributed by atoms with E-state index in [0.29, 0.717) is 18.5 Å². The second-order valence-electron chi connectivity index (χ2n) is 6.95. The van der Waals surface area contributed by atoms with Crippen LogP contribution in [0.3, 0.4) is 0 Å². The Balaban J connectivity index is 0.00000300. The first kappa shape index (κ1) is 23.4. The average molecular weight is 509 g/mol. The number of hydrogen-bond donors (Lipinski definition) is 2. The van der Waals surface area contributed by atoms with Gasteiger partial charge in [0, 0.05) is 25.4 Å². The van der Waals surface area contributed by atoms with Crippen LogP contribution in [0.25, 0.3) is 0 Å². The van der Waals surface area contributed by atoms with Crippen LogP contribution in [0.1, 0.15) is 36.9 Å². The van der Waals surface area contributed by atoms with Gasteiger partial charge < -0.3 is 15.4 Å². The Labute approximate surface area is 191 Å². The normalized spacial score (nSPS) is 15.4. The van der Waals surface area contributed by atoms with Gasteiger partial charge >= 0.3 is 0 Å². The standard InChI is InChI=1S/C22H31N5O.HI/c1-3-23-22(25-16-18-11-12-24-21(15-18)28-2)26-17-20(27-13-7-8-14-27)19-9-5-4-6-10-19;/h4-6,9-12,15,20H,3,7-8,13-14,16-17H2,1-2H3,(H2,23,25,26);1H. The SMILES string of the molecule is CCNC(=NCc1ccnc(OC)c1)NCC(c1ccccc1)N1CCCC1.I. The maximum Gasteiger partial charge on any atom is 0.213 e. The fourth-order valence-electron chi connectivity index (χ4n) is 3.55. The van der Waals surface area contributed by atoms with E-state index in [2.05, 4.69) is 57.8 Å². The fourth-order valence-corrected chi connectivity index (χ4v) is 3.55. The van der Waals surface area contributed by atoms with Crippen molar-refractivity contribution in [1.29, 1.82) is 0 Å². The molecule has 2 aromatic rings. The van der Waals surface area contributed by atoms with Crippen molar-refractivity contribution >= 4 is 29.9 Å². The summed E-state index contributed by atoms with van der Waals surface area (Å²) in [5.74, 6) is 1.45. The van der Waals surface area contributed by atoms with E-state index in [-0.39, 0.29) is 24.0 Å². The van der Waals surface area contributed by atoms with Crippen molar-refractivity contribution < 1.29 is 4.74 Å². The molecule has 1 unspecified atom stereocenters. The molecule has 1 aliphatic heterocycles. The molecule has 0 aliphatic carbocycles. The van der Waals surface area contributed by atoms with E-state index in [0.717, 1.165) is 37.7 Å². The molecule has 6 nitrogen and oxygen atoms in total. The maximum atomic E-state index is 5.20. The van der Waals surface area contributed by atoms with Gasteiger partial charge in [-0.25, -0.2) is 9.98 Å². The molecule has 1 aromatic carbocycles. The van der Waals surface area contributed by atoms with Gasteiger partial charge in [-0.15, -0.1) is 24.0 Å². The van der Waals surface area contributed by atoms with E-state index in [1.165, 1.54) is 18.4 Å². The number of halogens is 1. The molecule has 1 aromatic heterocycles. The number of ether oxygens (including phenoxy) is 1. The molecule has 3 rings (SSSR count). The number of nitrogens with one attached hydrogen (secondary N) is 2. The summed E-state index contributed by atoms with van der Waals surface area (Å²) in [6.45, 7) is 6.63. The summed E-state index contributed by atoms with van der Waals surface area (Å²) in [6.07, 6.45) is 4.31. The molecule has 0 amide bonds. The second-order valence-corrected chi connectivity index (χ2v) is 6.95. The summed E-state index contributed by atoms with van der Waals surface area (Å²) in [4.78, 5) is 11.5. The fraction of sp³-hybridized carbons (Fsp3) is 0.455. The summed E-state index contributed by atoms with van der Waals surface area (Å²) in [6, 6.07) is 15.0. The molecule has 2 heterocycles. The van der Waals surface area contributed by atoms with Gasteiger partial charge in [0.2, 0.25) is 5.88 Å². The van der Waals surface area contributed by atoms with E-state index in [1.807, 2.05) is 12.1 Å². The molecule has 1 aliphatic rings. The molecule has 0 bridgehead atoms. The highest BCUT2D eigenvalue weighted by molar-refractivity contribution is 14.0. The highest BCUT2D eigenvalue weighted by Crippen LogP contribution is 2.24. The zero-order valence-electron chi connectivity index (χ0n) is 17.3. The van der Waals surface area contributed by atoms with Gasteiger partial charge in [-0.05, 0) is 50.0 Å². The van der Waals surface area contributed by atoms with Crippen LogP contribution in [-0.4, -0.2) is 49.1 Å². The number of methoxy groups -OCH3 is 1. The third-order valence-corrected chi connectivity index (χ3v) is 5.00. The lowest BCUT2D eigenvalue weighted by Gasteiger charge is -2.29. The lowest BCUT2D eigenvalue weighted by molar-refractivity contribution is 0.245. The lowest BCUT2D eigenvalue weighted by Crippen LogP contribution is -2.42. The summed E-state index contributed by atoms with van der Waals surface area (Å²) in [5, 5.41) is 6.90. The van der Waals surface area contributed by atoms with E-state index in [1.54, 1.807) is 13.3 Å². The Morgan fingerprint density at radius 2 is 1.93 bits per heavy atom. The predicted molar refractivity (Wildman–Crippen MR) is 129 cm³/mol. The maximum absolute atomic E-state index is 5.20. The topological polar surface area (TPSA) is 61.8 Å². The number of guanidine groups is 1. The van der Waals surface area contributed by atoms with Crippen LogP contribution in [0, 0.1) is 0 Å². The van der Waals surface area contributed by atoms with Crippen LogP contribution in [0.5, 0.6) is 5.88 Å². The van der Waals surface area contributed by atoms with Gasteiger partial charge in [-0.1, -0.05) is 30.3 Å².